The average molecular weight is 197 g/mol. The molecule has 80 valence electrons. The molecule has 0 radical (unpaired) electrons. The van der Waals surface area contributed by atoms with Gasteiger partial charge < -0.3 is 15.5 Å². The minimum absolute atomic E-state index is 0.108. The number of likely N-dealkylation sites (tertiary alicyclic amines) is 1. The van der Waals surface area contributed by atoms with Gasteiger partial charge in [0, 0.05) is 31.7 Å². The molecule has 2 aliphatic heterocycles. The summed E-state index contributed by atoms with van der Waals surface area (Å²) in [6.45, 7) is 6.97. The second-order valence-electron chi connectivity index (χ2n) is 4.57. The molecule has 2 heterocycles. The summed E-state index contributed by atoms with van der Waals surface area (Å²) >= 11 is 0. The predicted molar refractivity (Wildman–Crippen MR) is 55.1 cm³/mol. The third-order valence-corrected chi connectivity index (χ3v) is 3.12. The van der Waals surface area contributed by atoms with Crippen LogP contribution in [0.2, 0.25) is 0 Å². The molecule has 2 N–H and O–H groups in total. The zero-order valence-electron chi connectivity index (χ0n) is 8.92. The number of urea groups is 1. The highest BCUT2D eigenvalue weighted by atomic mass is 16.2. The van der Waals surface area contributed by atoms with E-state index < -0.39 is 0 Å². The predicted octanol–water partition coefficient (Wildman–Crippen LogP) is 0.398. The van der Waals surface area contributed by atoms with Gasteiger partial charge in [-0.1, -0.05) is 0 Å². The van der Waals surface area contributed by atoms with E-state index in [1.165, 1.54) is 0 Å². The minimum Gasteiger partial charge on any atom is -0.336 e. The Hall–Kier alpha value is -0.770. The van der Waals surface area contributed by atoms with Crippen LogP contribution >= 0.6 is 0 Å². The average Bonchev–Trinajstić information content (AvgIpc) is 2.59. The van der Waals surface area contributed by atoms with Crippen LogP contribution in [0.1, 0.15) is 20.3 Å². The fourth-order valence-corrected chi connectivity index (χ4v) is 2.43. The lowest BCUT2D eigenvalue weighted by molar-refractivity contribution is 0.190. The first-order valence-electron chi connectivity index (χ1n) is 5.46. The van der Waals surface area contributed by atoms with Crippen LogP contribution in [0.25, 0.3) is 0 Å². The molecule has 0 aromatic rings. The molecular weight excluding hydrogens is 178 g/mol. The van der Waals surface area contributed by atoms with Crippen molar-refractivity contribution in [1.29, 1.82) is 0 Å². The van der Waals surface area contributed by atoms with E-state index in [1.54, 1.807) is 0 Å². The van der Waals surface area contributed by atoms with E-state index in [4.69, 9.17) is 0 Å². The van der Waals surface area contributed by atoms with Crippen molar-refractivity contribution in [2.45, 2.75) is 32.4 Å². The highest BCUT2D eigenvalue weighted by Gasteiger charge is 2.39. The highest BCUT2D eigenvalue weighted by Crippen LogP contribution is 2.26. The van der Waals surface area contributed by atoms with Crippen LogP contribution in [-0.2, 0) is 0 Å². The standard InChI is InChI=1S/C10H19N3O/c1-7(2)12-10(14)13-4-3-8-5-11-6-9(8)13/h7-9,11H,3-6H2,1-2H3,(H,12,14)/t8-,9-/m0/s1. The summed E-state index contributed by atoms with van der Waals surface area (Å²) in [6, 6.07) is 0.779. The number of nitrogens with zero attached hydrogens (tertiary/aromatic N) is 1. The Balaban J connectivity index is 1.94. The maximum atomic E-state index is 11.8. The van der Waals surface area contributed by atoms with Crippen molar-refractivity contribution in [2.24, 2.45) is 5.92 Å². The Morgan fingerprint density at radius 3 is 3.00 bits per heavy atom. The monoisotopic (exact) mass is 197 g/mol. The van der Waals surface area contributed by atoms with Gasteiger partial charge in [0.15, 0.2) is 0 Å². The van der Waals surface area contributed by atoms with Crippen molar-refractivity contribution in [3.05, 3.63) is 0 Å². The normalized spacial score (nSPS) is 30.9. The number of carbonyl (C=O) groups is 1. The number of fused-ring (bicyclic) bond motifs is 1. The van der Waals surface area contributed by atoms with Crippen molar-refractivity contribution in [1.82, 2.24) is 15.5 Å². The molecule has 0 aromatic heterocycles. The zero-order valence-corrected chi connectivity index (χ0v) is 8.92. The smallest absolute Gasteiger partial charge is 0.317 e. The van der Waals surface area contributed by atoms with E-state index >= 15 is 0 Å². The third kappa shape index (κ3) is 1.71. The fourth-order valence-electron chi connectivity index (χ4n) is 2.43. The molecule has 2 fully saturated rings. The van der Waals surface area contributed by atoms with Crippen molar-refractivity contribution in [3.8, 4) is 0 Å². The van der Waals surface area contributed by atoms with Gasteiger partial charge in [-0.2, -0.15) is 0 Å². The first-order valence-corrected chi connectivity index (χ1v) is 5.46. The maximum Gasteiger partial charge on any atom is 0.317 e. The highest BCUT2D eigenvalue weighted by molar-refractivity contribution is 5.75. The van der Waals surface area contributed by atoms with Crippen molar-refractivity contribution in [3.63, 3.8) is 0 Å². The van der Waals surface area contributed by atoms with Gasteiger partial charge in [0.1, 0.15) is 0 Å². The van der Waals surface area contributed by atoms with E-state index in [1.807, 2.05) is 18.7 Å². The van der Waals surface area contributed by atoms with Crippen LogP contribution in [0.15, 0.2) is 0 Å². The molecule has 4 heteroatoms. The third-order valence-electron chi connectivity index (χ3n) is 3.12. The first kappa shape index (κ1) is 9.77. The molecule has 0 unspecified atom stereocenters. The first-order chi connectivity index (χ1) is 6.68. The Morgan fingerprint density at radius 2 is 2.29 bits per heavy atom. The van der Waals surface area contributed by atoms with Crippen molar-refractivity contribution >= 4 is 6.03 Å². The summed E-state index contributed by atoms with van der Waals surface area (Å²) in [7, 11) is 0. The number of hydrogen-bond acceptors (Lipinski definition) is 2. The van der Waals surface area contributed by atoms with Crippen LogP contribution in [0.4, 0.5) is 4.79 Å². The Labute approximate surface area is 85.0 Å². The quantitative estimate of drug-likeness (QED) is 0.639. The second-order valence-corrected chi connectivity index (χ2v) is 4.57. The molecule has 0 bridgehead atoms. The number of nitrogens with one attached hydrogen (secondary N) is 2. The van der Waals surface area contributed by atoms with E-state index in [0.29, 0.717) is 12.0 Å². The van der Waals surface area contributed by atoms with Crippen LogP contribution in [-0.4, -0.2) is 42.6 Å². The van der Waals surface area contributed by atoms with Crippen molar-refractivity contribution in [2.75, 3.05) is 19.6 Å². The summed E-state index contributed by atoms with van der Waals surface area (Å²) in [5.41, 5.74) is 0. The summed E-state index contributed by atoms with van der Waals surface area (Å²) in [5, 5.41) is 6.30. The summed E-state index contributed by atoms with van der Waals surface area (Å²) in [5.74, 6) is 0.688. The summed E-state index contributed by atoms with van der Waals surface area (Å²) in [6.07, 6.45) is 1.16. The van der Waals surface area contributed by atoms with Gasteiger partial charge >= 0.3 is 6.03 Å². The molecule has 0 aromatic carbocycles. The van der Waals surface area contributed by atoms with E-state index in [2.05, 4.69) is 10.6 Å². The maximum absolute atomic E-state index is 11.8. The van der Waals surface area contributed by atoms with Crippen LogP contribution in [0, 0.1) is 5.92 Å². The molecule has 0 saturated carbocycles. The van der Waals surface area contributed by atoms with Gasteiger partial charge in [-0.25, -0.2) is 4.79 Å². The Morgan fingerprint density at radius 1 is 1.50 bits per heavy atom. The van der Waals surface area contributed by atoms with E-state index in [-0.39, 0.29) is 12.1 Å². The number of amides is 2. The molecule has 2 amide bonds. The molecule has 2 aliphatic rings. The van der Waals surface area contributed by atoms with Gasteiger partial charge in [0.25, 0.3) is 0 Å². The molecule has 14 heavy (non-hydrogen) atoms. The lowest BCUT2D eigenvalue weighted by Gasteiger charge is -2.24. The topological polar surface area (TPSA) is 44.4 Å². The van der Waals surface area contributed by atoms with Gasteiger partial charge in [-0.3, -0.25) is 0 Å². The number of rotatable bonds is 1. The van der Waals surface area contributed by atoms with E-state index in [9.17, 15) is 4.79 Å². The molecule has 2 rings (SSSR count). The fraction of sp³-hybridized carbons (Fsp3) is 0.900. The van der Waals surface area contributed by atoms with Gasteiger partial charge in [-0.15, -0.1) is 0 Å². The molecule has 4 nitrogen and oxygen atoms in total. The molecule has 0 aliphatic carbocycles. The van der Waals surface area contributed by atoms with Gasteiger partial charge in [0.05, 0.1) is 0 Å². The SMILES string of the molecule is CC(C)NC(=O)N1CC[C@H]2CNC[C@@H]21. The summed E-state index contributed by atoms with van der Waals surface area (Å²) < 4.78 is 0. The largest absolute Gasteiger partial charge is 0.336 e. The lowest BCUT2D eigenvalue weighted by Crippen LogP contribution is -2.47. The Kier molecular flexibility index (Phi) is 2.63. The number of carbonyl (C=O) groups excluding carboxylic acids is 1. The van der Waals surface area contributed by atoms with Gasteiger partial charge in [0.2, 0.25) is 0 Å². The molecule has 2 atom stereocenters. The van der Waals surface area contributed by atoms with Crippen molar-refractivity contribution < 1.29 is 4.79 Å². The summed E-state index contributed by atoms with van der Waals surface area (Å²) in [4.78, 5) is 13.8. The Bertz CT molecular complexity index is 229. The minimum atomic E-state index is 0.108. The van der Waals surface area contributed by atoms with Crippen LogP contribution in [0.5, 0.6) is 0 Å². The molecular formula is C10H19N3O. The van der Waals surface area contributed by atoms with Crippen LogP contribution in [0.3, 0.4) is 0 Å². The molecule has 0 spiro atoms. The van der Waals surface area contributed by atoms with Gasteiger partial charge in [-0.05, 0) is 26.2 Å². The molecule has 2 saturated heterocycles. The number of hydrogen-bond donors (Lipinski definition) is 2. The zero-order chi connectivity index (χ0) is 10.1. The second kappa shape index (κ2) is 3.77. The lowest BCUT2D eigenvalue weighted by atomic mass is 10.1. The van der Waals surface area contributed by atoms with E-state index in [0.717, 1.165) is 26.1 Å². The van der Waals surface area contributed by atoms with Crippen LogP contribution < -0.4 is 10.6 Å².